The smallest absolute Gasteiger partial charge is 0.298 e. The number of nitrogens with zero attached hydrogens (tertiary/aromatic N) is 1. The van der Waals surface area contributed by atoms with Crippen LogP contribution in [-0.2, 0) is 4.79 Å². The maximum atomic E-state index is 12.6. The van der Waals surface area contributed by atoms with Crippen LogP contribution in [0.15, 0.2) is 47.4 Å². The number of aromatic hydroxyl groups is 1. The predicted octanol–water partition coefficient (Wildman–Crippen LogP) is 4.04. The van der Waals surface area contributed by atoms with Gasteiger partial charge < -0.3 is 14.6 Å². The van der Waals surface area contributed by atoms with Gasteiger partial charge in [-0.2, -0.15) is 0 Å². The lowest BCUT2D eigenvalue weighted by Crippen LogP contribution is -2.27. The maximum absolute atomic E-state index is 12.6. The number of carbonyl (C=O) groups excluding carboxylic acids is 2. The van der Waals surface area contributed by atoms with Crippen LogP contribution < -0.4 is 14.4 Å². The van der Waals surface area contributed by atoms with Crippen molar-refractivity contribution in [2.24, 2.45) is 0 Å². The molecule has 1 fully saturated rings. The maximum Gasteiger partial charge on any atom is 0.298 e. The minimum atomic E-state index is -0.404. The normalized spacial score (nSPS) is 15.6. The van der Waals surface area contributed by atoms with Crippen LogP contribution in [0, 0.1) is 0 Å². The highest BCUT2D eigenvalue weighted by molar-refractivity contribution is 8.19. The highest BCUT2D eigenvalue weighted by Gasteiger charge is 2.36. The number of imide groups is 1. The van der Waals surface area contributed by atoms with Crippen LogP contribution in [0.25, 0.3) is 6.08 Å². The summed E-state index contributed by atoms with van der Waals surface area (Å²) in [5.74, 6) is 0.832. The number of benzene rings is 2. The molecular formula is C19H17NO5S. The van der Waals surface area contributed by atoms with Crippen molar-refractivity contribution >= 4 is 34.7 Å². The number of hydrogen-bond donors (Lipinski definition) is 1. The van der Waals surface area contributed by atoms with Crippen LogP contribution in [0.1, 0.15) is 12.5 Å². The summed E-state index contributed by atoms with van der Waals surface area (Å²) in [6.07, 6.45) is 1.64. The van der Waals surface area contributed by atoms with Crippen molar-refractivity contribution in [2.75, 3.05) is 18.6 Å². The SMILES string of the molecule is CCOc1ccc(C=C2SC(=O)N(c3ccc(O)cc3)C2=O)cc1OC. The number of thioether (sulfide) groups is 1. The monoisotopic (exact) mass is 371 g/mol. The molecule has 7 heteroatoms. The quantitative estimate of drug-likeness (QED) is 0.800. The van der Waals surface area contributed by atoms with E-state index in [2.05, 4.69) is 0 Å². The molecule has 2 aromatic rings. The summed E-state index contributed by atoms with van der Waals surface area (Å²) in [5.41, 5.74) is 1.14. The molecule has 0 radical (unpaired) electrons. The van der Waals surface area contributed by atoms with Gasteiger partial charge >= 0.3 is 0 Å². The van der Waals surface area contributed by atoms with Gasteiger partial charge in [-0.3, -0.25) is 9.59 Å². The van der Waals surface area contributed by atoms with E-state index in [1.54, 1.807) is 31.4 Å². The van der Waals surface area contributed by atoms with Crippen molar-refractivity contribution < 1.29 is 24.2 Å². The Labute approximate surface area is 155 Å². The van der Waals surface area contributed by atoms with E-state index in [1.165, 1.54) is 24.3 Å². The second-order valence-corrected chi connectivity index (χ2v) is 6.37. The average Bonchev–Trinajstić information content (AvgIpc) is 2.91. The summed E-state index contributed by atoms with van der Waals surface area (Å²) in [7, 11) is 1.54. The largest absolute Gasteiger partial charge is 0.508 e. The van der Waals surface area contributed by atoms with Crippen LogP contribution in [0.4, 0.5) is 10.5 Å². The van der Waals surface area contributed by atoms with Gasteiger partial charge in [0, 0.05) is 0 Å². The number of phenolic OH excluding ortho intramolecular Hbond substituents is 1. The predicted molar refractivity (Wildman–Crippen MR) is 101 cm³/mol. The Morgan fingerprint density at radius 2 is 1.85 bits per heavy atom. The van der Waals surface area contributed by atoms with Crippen LogP contribution in [0.5, 0.6) is 17.2 Å². The molecule has 134 valence electrons. The van der Waals surface area contributed by atoms with Crippen LogP contribution in [0.2, 0.25) is 0 Å². The van der Waals surface area contributed by atoms with Crippen LogP contribution in [-0.4, -0.2) is 30.0 Å². The number of hydrogen-bond acceptors (Lipinski definition) is 6. The van der Waals surface area contributed by atoms with E-state index < -0.39 is 5.91 Å². The van der Waals surface area contributed by atoms with Crippen molar-refractivity contribution in [2.45, 2.75) is 6.92 Å². The number of phenols is 1. The molecule has 1 aliphatic heterocycles. The first-order chi connectivity index (χ1) is 12.5. The summed E-state index contributed by atoms with van der Waals surface area (Å²) in [6, 6.07) is 11.2. The van der Waals surface area contributed by atoms with Crippen molar-refractivity contribution in [3.63, 3.8) is 0 Å². The van der Waals surface area contributed by atoms with E-state index in [0.29, 0.717) is 28.7 Å². The fourth-order valence-corrected chi connectivity index (χ4v) is 3.33. The third kappa shape index (κ3) is 3.52. The Morgan fingerprint density at radius 3 is 2.50 bits per heavy atom. The van der Waals surface area contributed by atoms with E-state index in [-0.39, 0.29) is 11.0 Å². The molecule has 0 unspecified atom stereocenters. The van der Waals surface area contributed by atoms with Crippen molar-refractivity contribution in [1.82, 2.24) is 0 Å². The molecule has 0 aromatic heterocycles. The first kappa shape index (κ1) is 17.9. The Morgan fingerprint density at radius 1 is 1.12 bits per heavy atom. The minimum absolute atomic E-state index is 0.0674. The average molecular weight is 371 g/mol. The summed E-state index contributed by atoms with van der Waals surface area (Å²) in [6.45, 7) is 2.40. The summed E-state index contributed by atoms with van der Waals surface area (Å²) >= 11 is 0.868. The molecule has 1 saturated heterocycles. The van der Waals surface area contributed by atoms with Gasteiger partial charge in [0.05, 0.1) is 24.3 Å². The molecule has 2 aromatic carbocycles. The summed E-state index contributed by atoms with van der Waals surface area (Å²) in [4.78, 5) is 26.3. The number of anilines is 1. The Balaban J connectivity index is 1.89. The molecule has 0 bridgehead atoms. The molecular weight excluding hydrogens is 354 g/mol. The molecule has 26 heavy (non-hydrogen) atoms. The van der Waals surface area contributed by atoms with Gasteiger partial charge in [0.2, 0.25) is 0 Å². The molecule has 6 nitrogen and oxygen atoms in total. The first-order valence-corrected chi connectivity index (χ1v) is 8.73. The molecule has 1 heterocycles. The number of methoxy groups -OCH3 is 1. The Hall–Kier alpha value is -2.93. The zero-order valence-electron chi connectivity index (χ0n) is 14.3. The second kappa shape index (κ2) is 7.53. The lowest BCUT2D eigenvalue weighted by atomic mass is 10.2. The van der Waals surface area contributed by atoms with Crippen molar-refractivity contribution in [3.05, 3.63) is 52.9 Å². The first-order valence-electron chi connectivity index (χ1n) is 7.91. The number of carbonyl (C=O) groups is 2. The Bertz CT molecular complexity index is 876. The summed E-state index contributed by atoms with van der Waals surface area (Å²) < 4.78 is 10.8. The zero-order chi connectivity index (χ0) is 18.7. The van der Waals surface area contributed by atoms with E-state index in [1.807, 2.05) is 6.92 Å². The Kier molecular flexibility index (Phi) is 5.18. The van der Waals surface area contributed by atoms with Gasteiger partial charge in [-0.25, -0.2) is 4.90 Å². The topological polar surface area (TPSA) is 76.1 Å². The van der Waals surface area contributed by atoms with Gasteiger partial charge in [-0.15, -0.1) is 0 Å². The van der Waals surface area contributed by atoms with Crippen LogP contribution >= 0.6 is 11.8 Å². The van der Waals surface area contributed by atoms with E-state index in [9.17, 15) is 14.7 Å². The second-order valence-electron chi connectivity index (χ2n) is 5.38. The van der Waals surface area contributed by atoms with E-state index in [4.69, 9.17) is 9.47 Å². The van der Waals surface area contributed by atoms with Crippen LogP contribution in [0.3, 0.4) is 0 Å². The molecule has 0 atom stereocenters. The molecule has 1 N–H and O–H groups in total. The fraction of sp³-hybridized carbons (Fsp3) is 0.158. The number of amides is 2. The fourth-order valence-electron chi connectivity index (χ4n) is 2.49. The van der Waals surface area contributed by atoms with Gasteiger partial charge in [-0.1, -0.05) is 6.07 Å². The molecule has 1 aliphatic rings. The summed E-state index contributed by atoms with van der Waals surface area (Å²) in [5, 5.41) is 8.98. The molecule has 3 rings (SSSR count). The van der Waals surface area contributed by atoms with E-state index in [0.717, 1.165) is 22.2 Å². The van der Waals surface area contributed by atoms with Crippen molar-refractivity contribution in [1.29, 1.82) is 0 Å². The molecule has 0 aliphatic carbocycles. The highest BCUT2D eigenvalue weighted by atomic mass is 32.2. The minimum Gasteiger partial charge on any atom is -0.508 e. The highest BCUT2D eigenvalue weighted by Crippen LogP contribution is 2.37. The van der Waals surface area contributed by atoms with Gasteiger partial charge in [0.1, 0.15) is 5.75 Å². The molecule has 2 amide bonds. The van der Waals surface area contributed by atoms with Crippen molar-refractivity contribution in [3.8, 4) is 17.2 Å². The third-order valence-electron chi connectivity index (χ3n) is 3.69. The molecule has 0 saturated carbocycles. The van der Waals surface area contributed by atoms with Gasteiger partial charge in [-0.05, 0) is 66.7 Å². The molecule has 0 spiro atoms. The standard InChI is InChI=1S/C19H17NO5S/c1-3-25-15-9-4-12(10-16(15)24-2)11-17-18(22)20(19(23)26-17)13-5-7-14(21)8-6-13/h4-11,21H,3H2,1-2H3. The van der Waals surface area contributed by atoms with Gasteiger partial charge in [0.25, 0.3) is 11.1 Å². The number of rotatable bonds is 5. The zero-order valence-corrected chi connectivity index (χ0v) is 15.1. The third-order valence-corrected chi connectivity index (χ3v) is 4.56. The van der Waals surface area contributed by atoms with E-state index >= 15 is 0 Å². The van der Waals surface area contributed by atoms with Gasteiger partial charge in [0.15, 0.2) is 11.5 Å². The lowest BCUT2D eigenvalue weighted by molar-refractivity contribution is -0.113. The number of ether oxygens (including phenoxy) is 2. The lowest BCUT2D eigenvalue weighted by Gasteiger charge is -2.12.